The fourth-order valence-corrected chi connectivity index (χ4v) is 2.65. The molecule has 1 saturated carbocycles. The molecule has 0 radical (unpaired) electrons. The highest BCUT2D eigenvalue weighted by Gasteiger charge is 2.32. The van der Waals surface area contributed by atoms with Crippen molar-refractivity contribution in [2.45, 2.75) is 18.4 Å². The lowest BCUT2D eigenvalue weighted by Gasteiger charge is -1.98. The molecule has 0 aliphatic heterocycles. The molecule has 0 bridgehead atoms. The van der Waals surface area contributed by atoms with E-state index in [-0.39, 0.29) is 0 Å². The van der Waals surface area contributed by atoms with Gasteiger partial charge in [0.1, 0.15) is 0 Å². The fourth-order valence-electron chi connectivity index (χ4n) is 1.27. The maximum atomic E-state index is 4.32. The second kappa shape index (κ2) is 4.01. The topological polar surface area (TPSA) is 12.9 Å². The van der Waals surface area contributed by atoms with Crippen LogP contribution in [0.25, 0.3) is 0 Å². The van der Waals surface area contributed by atoms with E-state index in [4.69, 9.17) is 0 Å². The van der Waals surface area contributed by atoms with Gasteiger partial charge in [-0.25, -0.2) is 4.98 Å². The first-order chi connectivity index (χ1) is 6.25. The minimum atomic E-state index is 0.940. The van der Waals surface area contributed by atoms with Crippen molar-refractivity contribution in [2.24, 2.45) is 11.8 Å². The van der Waals surface area contributed by atoms with Gasteiger partial charge in [-0.05, 0) is 46.3 Å². The summed E-state index contributed by atoms with van der Waals surface area (Å²) in [7, 11) is 0. The van der Waals surface area contributed by atoms with Gasteiger partial charge in [0.25, 0.3) is 0 Å². The Morgan fingerprint density at radius 3 is 2.92 bits per heavy atom. The Morgan fingerprint density at radius 1 is 1.62 bits per heavy atom. The molecule has 0 N–H and O–H groups in total. The third-order valence-electron chi connectivity index (χ3n) is 2.42. The molecule has 0 aromatic carbocycles. The molecule has 13 heavy (non-hydrogen) atoms. The van der Waals surface area contributed by atoms with Crippen molar-refractivity contribution >= 4 is 27.7 Å². The maximum absolute atomic E-state index is 4.32. The minimum Gasteiger partial charge on any atom is -0.249 e. The normalized spacial score (nSPS) is 26.0. The predicted molar refractivity (Wildman–Crippen MR) is 59.9 cm³/mol. The van der Waals surface area contributed by atoms with Crippen LogP contribution in [0.4, 0.5) is 0 Å². The van der Waals surface area contributed by atoms with Crippen molar-refractivity contribution in [3.8, 4) is 0 Å². The van der Waals surface area contributed by atoms with Gasteiger partial charge in [-0.3, -0.25) is 0 Å². The van der Waals surface area contributed by atoms with Crippen LogP contribution in [0.5, 0.6) is 0 Å². The van der Waals surface area contributed by atoms with Crippen molar-refractivity contribution in [3.63, 3.8) is 0 Å². The smallest absolute Gasteiger partial charge is 0.0960 e. The first kappa shape index (κ1) is 9.53. The fraction of sp³-hybridized carbons (Fsp3) is 0.500. The number of rotatable bonds is 3. The lowest BCUT2D eigenvalue weighted by molar-refractivity contribution is 0.844. The predicted octanol–water partition coefficient (Wildman–Crippen LogP) is 3.59. The summed E-state index contributed by atoms with van der Waals surface area (Å²) in [4.78, 5) is 4.32. The van der Waals surface area contributed by atoms with Gasteiger partial charge >= 0.3 is 0 Å². The zero-order valence-electron chi connectivity index (χ0n) is 7.53. The lowest BCUT2D eigenvalue weighted by Crippen LogP contribution is -1.85. The molecule has 1 heterocycles. The van der Waals surface area contributed by atoms with E-state index in [9.17, 15) is 0 Å². The quantitative estimate of drug-likeness (QED) is 0.768. The largest absolute Gasteiger partial charge is 0.249 e. The second-order valence-corrected chi connectivity index (χ2v) is 5.55. The van der Waals surface area contributed by atoms with Gasteiger partial charge in [0.2, 0.25) is 0 Å². The van der Waals surface area contributed by atoms with Crippen LogP contribution in [0.1, 0.15) is 13.3 Å². The Bertz CT molecular complexity index is 285. The summed E-state index contributed by atoms with van der Waals surface area (Å²) in [5.41, 5.74) is 0. The van der Waals surface area contributed by atoms with E-state index in [1.807, 2.05) is 24.0 Å². The van der Waals surface area contributed by atoms with Gasteiger partial charge in [-0.2, -0.15) is 0 Å². The summed E-state index contributed by atoms with van der Waals surface area (Å²) in [5.74, 6) is 3.12. The van der Waals surface area contributed by atoms with Gasteiger partial charge in [0, 0.05) is 16.4 Å². The molecule has 2 rings (SSSR count). The van der Waals surface area contributed by atoms with Gasteiger partial charge in [0.15, 0.2) is 0 Å². The van der Waals surface area contributed by atoms with Gasteiger partial charge < -0.3 is 0 Å². The van der Waals surface area contributed by atoms with Gasteiger partial charge in [-0.15, -0.1) is 11.8 Å². The zero-order valence-corrected chi connectivity index (χ0v) is 9.94. The molecule has 2 unspecified atom stereocenters. The van der Waals surface area contributed by atoms with Crippen LogP contribution >= 0.6 is 27.7 Å². The molecule has 1 aliphatic carbocycles. The van der Waals surface area contributed by atoms with E-state index in [2.05, 4.69) is 33.9 Å². The van der Waals surface area contributed by atoms with Gasteiger partial charge in [-0.1, -0.05) is 6.92 Å². The zero-order chi connectivity index (χ0) is 9.26. The van der Waals surface area contributed by atoms with Crippen molar-refractivity contribution in [1.29, 1.82) is 0 Å². The summed E-state index contributed by atoms with van der Waals surface area (Å²) in [6.07, 6.45) is 3.27. The van der Waals surface area contributed by atoms with Crippen molar-refractivity contribution in [2.75, 3.05) is 5.75 Å². The molecule has 0 amide bonds. The molecule has 3 heteroatoms. The van der Waals surface area contributed by atoms with E-state index in [1.54, 1.807) is 0 Å². The third-order valence-corrected chi connectivity index (χ3v) is 4.02. The van der Waals surface area contributed by atoms with Crippen LogP contribution in [-0.4, -0.2) is 10.7 Å². The molecule has 2 atom stereocenters. The Morgan fingerprint density at radius 2 is 2.38 bits per heavy atom. The average Bonchev–Trinajstić information content (AvgIpc) is 2.81. The molecule has 1 aromatic heterocycles. The first-order valence-electron chi connectivity index (χ1n) is 4.50. The minimum absolute atomic E-state index is 0.940. The summed E-state index contributed by atoms with van der Waals surface area (Å²) in [5, 5.41) is 1.14. The maximum Gasteiger partial charge on any atom is 0.0960 e. The Kier molecular flexibility index (Phi) is 2.94. The summed E-state index contributed by atoms with van der Waals surface area (Å²) in [6, 6.07) is 4.12. The summed E-state index contributed by atoms with van der Waals surface area (Å²) >= 11 is 5.25. The molecular weight excluding hydrogens is 246 g/mol. The number of halogens is 1. The Balaban J connectivity index is 1.84. The van der Waals surface area contributed by atoms with Crippen molar-refractivity contribution < 1.29 is 0 Å². The highest BCUT2D eigenvalue weighted by atomic mass is 79.9. The van der Waals surface area contributed by atoms with Crippen molar-refractivity contribution in [1.82, 2.24) is 4.98 Å². The highest BCUT2D eigenvalue weighted by Crippen LogP contribution is 2.41. The Labute approximate surface area is 91.5 Å². The number of nitrogens with zero attached hydrogens (tertiary/aromatic N) is 1. The lowest BCUT2D eigenvalue weighted by atomic mass is 10.4. The van der Waals surface area contributed by atoms with Crippen LogP contribution in [0.2, 0.25) is 0 Å². The van der Waals surface area contributed by atoms with E-state index < -0.39 is 0 Å². The summed E-state index contributed by atoms with van der Waals surface area (Å²) in [6.45, 7) is 2.32. The number of hydrogen-bond donors (Lipinski definition) is 0. The molecular formula is C10H12BrNS. The monoisotopic (exact) mass is 257 g/mol. The van der Waals surface area contributed by atoms with Crippen LogP contribution in [-0.2, 0) is 0 Å². The molecule has 70 valence electrons. The Hall–Kier alpha value is -0.0200. The van der Waals surface area contributed by atoms with E-state index >= 15 is 0 Å². The van der Waals surface area contributed by atoms with Crippen LogP contribution < -0.4 is 0 Å². The number of aromatic nitrogens is 1. The second-order valence-electron chi connectivity index (χ2n) is 3.60. The van der Waals surface area contributed by atoms with Crippen LogP contribution in [0.3, 0.4) is 0 Å². The standard InChI is InChI=1S/C10H12BrNS/c1-7-4-8(7)6-13-10-3-2-9(11)5-12-10/h2-3,5,7-8H,4,6H2,1H3. The van der Waals surface area contributed by atoms with E-state index in [0.29, 0.717) is 0 Å². The first-order valence-corrected chi connectivity index (χ1v) is 6.28. The molecule has 0 saturated heterocycles. The SMILES string of the molecule is CC1CC1CSc1ccc(Br)cn1. The van der Waals surface area contributed by atoms with Crippen LogP contribution in [0, 0.1) is 11.8 Å². The van der Waals surface area contributed by atoms with Crippen molar-refractivity contribution in [3.05, 3.63) is 22.8 Å². The van der Waals surface area contributed by atoms with E-state index in [1.165, 1.54) is 12.2 Å². The molecule has 1 aliphatic rings. The average molecular weight is 258 g/mol. The number of thioether (sulfide) groups is 1. The molecule has 1 fully saturated rings. The molecule has 1 nitrogen and oxygen atoms in total. The van der Waals surface area contributed by atoms with E-state index in [0.717, 1.165) is 21.3 Å². The summed E-state index contributed by atoms with van der Waals surface area (Å²) < 4.78 is 1.05. The molecule has 1 aromatic rings. The number of pyridine rings is 1. The third kappa shape index (κ3) is 2.71. The number of hydrogen-bond acceptors (Lipinski definition) is 2. The van der Waals surface area contributed by atoms with Gasteiger partial charge in [0.05, 0.1) is 5.03 Å². The van der Waals surface area contributed by atoms with Crippen LogP contribution in [0.15, 0.2) is 27.8 Å². The highest BCUT2D eigenvalue weighted by molar-refractivity contribution is 9.10. The molecule has 0 spiro atoms.